The molecule has 1 aliphatic rings. The normalized spacial score (nSPS) is 21.1. The van der Waals surface area contributed by atoms with Crippen LogP contribution in [0.5, 0.6) is 0 Å². The summed E-state index contributed by atoms with van der Waals surface area (Å²) in [6, 6.07) is 8.22. The third-order valence-corrected chi connectivity index (χ3v) is 8.77. The van der Waals surface area contributed by atoms with Gasteiger partial charge in [-0.3, -0.25) is 4.79 Å². The fourth-order valence-corrected chi connectivity index (χ4v) is 5.14. The maximum absolute atomic E-state index is 12.4. The number of benzene rings is 1. The first-order valence-corrected chi connectivity index (χ1v) is 11.7. The SMILES string of the molecule is CC(=O)N(C)c1ccc(CCC2CCC(CS(=O)(=O)C(C)(C)C)CC2)cc1. The molecule has 27 heavy (non-hydrogen) atoms. The molecule has 1 saturated carbocycles. The molecule has 0 aromatic heterocycles. The van der Waals surface area contributed by atoms with E-state index in [1.165, 1.54) is 5.56 Å². The average molecular weight is 394 g/mol. The Hall–Kier alpha value is -1.36. The molecule has 0 atom stereocenters. The summed E-state index contributed by atoms with van der Waals surface area (Å²) in [5.41, 5.74) is 2.22. The zero-order valence-corrected chi connectivity index (χ0v) is 18.3. The molecule has 1 aliphatic carbocycles. The molecular formula is C22H35NO3S. The van der Waals surface area contributed by atoms with Gasteiger partial charge in [0.2, 0.25) is 5.91 Å². The van der Waals surface area contributed by atoms with Crippen LogP contribution in [-0.2, 0) is 21.1 Å². The number of hydrogen-bond acceptors (Lipinski definition) is 3. The largest absolute Gasteiger partial charge is 0.316 e. The summed E-state index contributed by atoms with van der Waals surface area (Å²) in [6.07, 6.45) is 6.52. The summed E-state index contributed by atoms with van der Waals surface area (Å²) in [7, 11) is -1.23. The van der Waals surface area contributed by atoms with Gasteiger partial charge in [-0.2, -0.15) is 0 Å². The van der Waals surface area contributed by atoms with E-state index in [0.29, 0.717) is 17.6 Å². The summed E-state index contributed by atoms with van der Waals surface area (Å²) in [5, 5.41) is 0. The average Bonchev–Trinajstić information content (AvgIpc) is 2.59. The molecule has 5 heteroatoms. The van der Waals surface area contributed by atoms with Crippen molar-refractivity contribution in [1.29, 1.82) is 0 Å². The number of rotatable bonds is 6. The molecule has 2 rings (SSSR count). The lowest BCUT2D eigenvalue weighted by molar-refractivity contribution is -0.116. The van der Waals surface area contributed by atoms with E-state index < -0.39 is 14.6 Å². The second-order valence-corrected chi connectivity index (χ2v) is 11.9. The van der Waals surface area contributed by atoms with E-state index in [1.54, 1.807) is 39.6 Å². The molecule has 0 heterocycles. The quantitative estimate of drug-likeness (QED) is 0.708. The summed E-state index contributed by atoms with van der Waals surface area (Å²) in [5.74, 6) is 1.40. The van der Waals surface area contributed by atoms with E-state index in [4.69, 9.17) is 0 Å². The van der Waals surface area contributed by atoms with Crippen LogP contribution in [0, 0.1) is 11.8 Å². The first kappa shape index (κ1) is 21.9. The first-order valence-electron chi connectivity index (χ1n) is 10.0. The Morgan fingerprint density at radius 3 is 2.04 bits per heavy atom. The van der Waals surface area contributed by atoms with Crippen LogP contribution >= 0.6 is 0 Å². The zero-order chi connectivity index (χ0) is 20.2. The number of hydrogen-bond donors (Lipinski definition) is 0. The fourth-order valence-electron chi connectivity index (χ4n) is 3.69. The Balaban J connectivity index is 1.79. The van der Waals surface area contributed by atoms with Crippen molar-refractivity contribution in [3.05, 3.63) is 29.8 Å². The summed E-state index contributed by atoms with van der Waals surface area (Å²) in [6.45, 7) is 6.96. The van der Waals surface area contributed by atoms with Gasteiger partial charge in [-0.25, -0.2) is 8.42 Å². The Bertz CT molecular complexity index is 724. The van der Waals surface area contributed by atoms with Gasteiger partial charge in [0.15, 0.2) is 9.84 Å². The Morgan fingerprint density at radius 2 is 1.56 bits per heavy atom. The smallest absolute Gasteiger partial charge is 0.223 e. The molecule has 1 amide bonds. The van der Waals surface area contributed by atoms with Crippen molar-refractivity contribution in [3.63, 3.8) is 0 Å². The summed E-state index contributed by atoms with van der Waals surface area (Å²) >= 11 is 0. The van der Waals surface area contributed by atoms with Crippen molar-refractivity contribution < 1.29 is 13.2 Å². The lowest BCUT2D eigenvalue weighted by Gasteiger charge is -2.30. The molecular weight excluding hydrogens is 358 g/mol. The molecule has 0 unspecified atom stereocenters. The number of anilines is 1. The highest BCUT2D eigenvalue weighted by molar-refractivity contribution is 7.92. The Labute approximate surface area is 165 Å². The molecule has 152 valence electrons. The van der Waals surface area contributed by atoms with E-state index in [-0.39, 0.29) is 5.91 Å². The highest BCUT2D eigenvalue weighted by atomic mass is 32.2. The van der Waals surface area contributed by atoms with Crippen molar-refractivity contribution in [1.82, 2.24) is 0 Å². The Morgan fingerprint density at radius 1 is 1.04 bits per heavy atom. The lowest BCUT2D eigenvalue weighted by Crippen LogP contribution is -2.34. The number of sulfone groups is 1. The van der Waals surface area contributed by atoms with Gasteiger partial charge in [0.25, 0.3) is 0 Å². The molecule has 0 aliphatic heterocycles. The van der Waals surface area contributed by atoms with Gasteiger partial charge < -0.3 is 4.90 Å². The number of amides is 1. The molecule has 0 spiro atoms. The lowest BCUT2D eigenvalue weighted by atomic mass is 9.80. The van der Waals surface area contributed by atoms with Crippen molar-refractivity contribution >= 4 is 21.4 Å². The van der Waals surface area contributed by atoms with Gasteiger partial charge in [-0.05, 0) is 76.0 Å². The third kappa shape index (κ3) is 6.06. The van der Waals surface area contributed by atoms with Crippen LogP contribution < -0.4 is 4.90 Å². The van der Waals surface area contributed by atoms with Crippen LogP contribution in [0.1, 0.15) is 65.4 Å². The van der Waals surface area contributed by atoms with Crippen LogP contribution in [0.2, 0.25) is 0 Å². The number of nitrogens with zero attached hydrogens (tertiary/aromatic N) is 1. The maximum Gasteiger partial charge on any atom is 0.223 e. The summed E-state index contributed by atoms with van der Waals surface area (Å²) in [4.78, 5) is 13.1. The fraction of sp³-hybridized carbons (Fsp3) is 0.682. The second-order valence-electron chi connectivity index (χ2n) is 9.06. The molecule has 1 fully saturated rings. The van der Waals surface area contributed by atoms with Gasteiger partial charge in [-0.1, -0.05) is 25.0 Å². The first-order chi connectivity index (χ1) is 12.5. The minimum atomic E-state index is -3.02. The molecule has 4 nitrogen and oxygen atoms in total. The van der Waals surface area contributed by atoms with E-state index in [1.807, 2.05) is 12.1 Å². The monoisotopic (exact) mass is 393 g/mol. The van der Waals surface area contributed by atoms with E-state index in [9.17, 15) is 13.2 Å². The predicted octanol–water partition coefficient (Wildman–Crippen LogP) is 4.62. The minimum absolute atomic E-state index is 0.0352. The number of carbonyl (C=O) groups is 1. The van der Waals surface area contributed by atoms with Crippen molar-refractivity contribution in [2.24, 2.45) is 11.8 Å². The zero-order valence-electron chi connectivity index (χ0n) is 17.5. The van der Waals surface area contributed by atoms with Crippen LogP contribution in [0.3, 0.4) is 0 Å². The third-order valence-electron chi connectivity index (χ3n) is 5.99. The van der Waals surface area contributed by atoms with Crippen LogP contribution in [-0.4, -0.2) is 31.9 Å². The molecule has 1 aromatic rings. The van der Waals surface area contributed by atoms with Crippen LogP contribution in [0.25, 0.3) is 0 Å². The second kappa shape index (κ2) is 8.76. The molecule has 0 radical (unpaired) electrons. The standard InChI is InChI=1S/C22H35NO3S/c1-17(24)23(5)21-14-12-19(13-15-21)7-6-18-8-10-20(11-9-18)16-27(25,26)22(2,3)4/h12-15,18,20H,6-11,16H2,1-5H3. The van der Waals surface area contributed by atoms with Gasteiger partial charge in [0.05, 0.1) is 10.5 Å². The van der Waals surface area contributed by atoms with Gasteiger partial charge in [0, 0.05) is 19.7 Å². The van der Waals surface area contributed by atoms with Crippen molar-refractivity contribution in [2.75, 3.05) is 17.7 Å². The number of carbonyl (C=O) groups excluding carboxylic acids is 1. The van der Waals surface area contributed by atoms with Crippen molar-refractivity contribution in [3.8, 4) is 0 Å². The van der Waals surface area contributed by atoms with Crippen LogP contribution in [0.15, 0.2) is 24.3 Å². The Kier molecular flexibility index (Phi) is 7.12. The molecule has 0 N–H and O–H groups in total. The van der Waals surface area contributed by atoms with Gasteiger partial charge in [-0.15, -0.1) is 0 Å². The predicted molar refractivity (Wildman–Crippen MR) is 113 cm³/mol. The molecule has 0 bridgehead atoms. The molecule has 0 saturated heterocycles. The van der Waals surface area contributed by atoms with E-state index in [2.05, 4.69) is 12.1 Å². The highest BCUT2D eigenvalue weighted by Gasteiger charge is 2.33. The molecule has 1 aromatic carbocycles. The van der Waals surface area contributed by atoms with Crippen molar-refractivity contribution in [2.45, 2.75) is 71.0 Å². The highest BCUT2D eigenvalue weighted by Crippen LogP contribution is 2.34. The van der Waals surface area contributed by atoms with Gasteiger partial charge >= 0.3 is 0 Å². The maximum atomic E-state index is 12.4. The topological polar surface area (TPSA) is 54.5 Å². The number of aryl methyl sites for hydroxylation is 1. The van der Waals surface area contributed by atoms with Crippen LogP contribution in [0.4, 0.5) is 5.69 Å². The van der Waals surface area contributed by atoms with Gasteiger partial charge in [0.1, 0.15) is 0 Å². The van der Waals surface area contributed by atoms with E-state index >= 15 is 0 Å². The van der Waals surface area contributed by atoms with E-state index in [0.717, 1.165) is 44.2 Å². The summed E-state index contributed by atoms with van der Waals surface area (Å²) < 4.78 is 24.2. The minimum Gasteiger partial charge on any atom is -0.316 e.